The van der Waals surface area contributed by atoms with Gasteiger partial charge < -0.3 is 9.88 Å². The molecule has 0 bridgehead atoms. The molecule has 3 heterocycles. The van der Waals surface area contributed by atoms with Crippen molar-refractivity contribution < 1.29 is 4.79 Å². The van der Waals surface area contributed by atoms with E-state index < -0.39 is 0 Å². The number of carbonyl (C=O) groups is 1. The molecule has 0 saturated heterocycles. The highest BCUT2D eigenvalue weighted by Crippen LogP contribution is 2.37. The second kappa shape index (κ2) is 5.62. The molecule has 1 aliphatic rings. The summed E-state index contributed by atoms with van der Waals surface area (Å²) in [4.78, 5) is 14.1. The summed E-state index contributed by atoms with van der Waals surface area (Å²) in [6.45, 7) is 0.502. The zero-order chi connectivity index (χ0) is 15.8. The molecule has 8 heteroatoms. The lowest BCUT2D eigenvalue weighted by molar-refractivity contribution is 0.0949. The van der Waals surface area contributed by atoms with Crippen molar-refractivity contribution in [3.05, 3.63) is 46.4 Å². The summed E-state index contributed by atoms with van der Waals surface area (Å²) in [7, 11) is 1.97. The Kier molecular flexibility index (Phi) is 3.45. The number of nitrogens with one attached hydrogen (secondary N) is 1. The smallest absolute Gasteiger partial charge is 0.254 e. The number of tetrazole rings is 1. The number of hydrogen-bond acceptors (Lipinski definition) is 5. The fourth-order valence-electron chi connectivity index (χ4n) is 2.98. The molecule has 1 N–H and O–H groups in total. The minimum absolute atomic E-state index is 0.0592. The molecule has 0 saturated carbocycles. The maximum atomic E-state index is 12.8. The van der Waals surface area contributed by atoms with E-state index >= 15 is 0 Å². The Bertz CT molecular complexity index is 848. The standard InChI is InChI=1S/C15H16N6OS/c1-20-7-3-4-10(20)8-16-14(22)13-11-5-2-6-12(11)23-15(13)21-9-17-18-19-21/h3-4,7,9H,2,5-6,8H2,1H3,(H,16,22). The van der Waals surface area contributed by atoms with Crippen LogP contribution in [-0.2, 0) is 26.4 Å². The maximum absolute atomic E-state index is 12.8. The Labute approximate surface area is 136 Å². The zero-order valence-corrected chi connectivity index (χ0v) is 13.5. The van der Waals surface area contributed by atoms with Gasteiger partial charge in [-0.25, -0.2) is 0 Å². The SMILES string of the molecule is Cn1cccc1CNC(=O)c1c(-n2cnnn2)sc2c1CCC2. The Hall–Kier alpha value is -2.48. The molecule has 0 radical (unpaired) electrons. The van der Waals surface area contributed by atoms with Gasteiger partial charge in [0.1, 0.15) is 11.3 Å². The van der Waals surface area contributed by atoms with Gasteiger partial charge in [-0.2, -0.15) is 4.68 Å². The van der Waals surface area contributed by atoms with Gasteiger partial charge in [0.15, 0.2) is 0 Å². The van der Waals surface area contributed by atoms with Gasteiger partial charge in [-0.15, -0.1) is 16.4 Å². The second-order valence-electron chi connectivity index (χ2n) is 5.59. The highest BCUT2D eigenvalue weighted by Gasteiger charge is 2.27. The summed E-state index contributed by atoms with van der Waals surface area (Å²) < 4.78 is 3.58. The van der Waals surface area contributed by atoms with Crippen LogP contribution in [0, 0.1) is 0 Å². The Morgan fingerprint density at radius 2 is 2.35 bits per heavy atom. The lowest BCUT2D eigenvalue weighted by Crippen LogP contribution is -2.25. The normalized spacial score (nSPS) is 13.3. The molecule has 0 aromatic carbocycles. The molecular formula is C15H16N6OS. The highest BCUT2D eigenvalue weighted by atomic mass is 32.1. The number of hydrogen-bond donors (Lipinski definition) is 1. The van der Waals surface area contributed by atoms with Gasteiger partial charge >= 0.3 is 0 Å². The summed E-state index contributed by atoms with van der Waals surface area (Å²) in [5, 5.41) is 15.2. The fraction of sp³-hybridized carbons (Fsp3) is 0.333. The molecule has 4 rings (SSSR count). The van der Waals surface area contributed by atoms with Gasteiger partial charge in [-0.3, -0.25) is 4.79 Å². The number of aryl methyl sites for hydroxylation is 2. The molecule has 0 spiro atoms. The molecule has 3 aromatic rings. The minimum atomic E-state index is -0.0592. The summed E-state index contributed by atoms with van der Waals surface area (Å²) in [5.74, 6) is -0.0592. The zero-order valence-electron chi connectivity index (χ0n) is 12.7. The largest absolute Gasteiger partial charge is 0.353 e. The molecule has 1 aliphatic carbocycles. The van der Waals surface area contributed by atoms with E-state index in [1.807, 2.05) is 29.9 Å². The average Bonchev–Trinajstić information content (AvgIpc) is 3.28. The lowest BCUT2D eigenvalue weighted by atomic mass is 10.1. The molecule has 118 valence electrons. The summed E-state index contributed by atoms with van der Waals surface area (Å²) in [5.41, 5.74) is 2.95. The first-order valence-corrected chi connectivity index (χ1v) is 8.32. The molecule has 0 unspecified atom stereocenters. The molecule has 0 fully saturated rings. The molecule has 0 aliphatic heterocycles. The summed E-state index contributed by atoms with van der Waals surface area (Å²) >= 11 is 1.62. The van der Waals surface area contributed by atoms with E-state index in [-0.39, 0.29) is 5.91 Å². The van der Waals surface area contributed by atoms with Gasteiger partial charge in [-0.05, 0) is 47.4 Å². The van der Waals surface area contributed by atoms with Crippen LogP contribution in [0.3, 0.4) is 0 Å². The van der Waals surface area contributed by atoms with Crippen LogP contribution in [0.25, 0.3) is 5.00 Å². The van der Waals surface area contributed by atoms with Gasteiger partial charge in [0.2, 0.25) is 0 Å². The van der Waals surface area contributed by atoms with E-state index in [2.05, 4.69) is 20.8 Å². The van der Waals surface area contributed by atoms with Crippen molar-refractivity contribution >= 4 is 17.2 Å². The van der Waals surface area contributed by atoms with E-state index in [1.54, 1.807) is 16.0 Å². The average molecular weight is 328 g/mol. The van der Waals surface area contributed by atoms with Crippen LogP contribution < -0.4 is 5.32 Å². The molecule has 1 amide bonds. The van der Waals surface area contributed by atoms with Crippen molar-refractivity contribution in [1.29, 1.82) is 0 Å². The lowest BCUT2D eigenvalue weighted by Gasteiger charge is -2.08. The first-order chi connectivity index (χ1) is 11.2. The molecule has 3 aromatic heterocycles. The van der Waals surface area contributed by atoms with E-state index in [9.17, 15) is 4.79 Å². The van der Waals surface area contributed by atoms with E-state index in [0.29, 0.717) is 6.54 Å². The molecule has 0 atom stereocenters. The summed E-state index contributed by atoms with van der Waals surface area (Å²) in [6, 6.07) is 3.97. The van der Waals surface area contributed by atoms with Gasteiger partial charge in [0.05, 0.1) is 12.1 Å². The first-order valence-electron chi connectivity index (χ1n) is 7.50. The van der Waals surface area contributed by atoms with Crippen LogP contribution in [0.4, 0.5) is 0 Å². The maximum Gasteiger partial charge on any atom is 0.254 e. The van der Waals surface area contributed by atoms with Crippen molar-refractivity contribution in [2.75, 3.05) is 0 Å². The summed E-state index contributed by atoms with van der Waals surface area (Å²) in [6.07, 6.45) is 6.58. The van der Waals surface area contributed by atoms with Crippen LogP contribution in [0.2, 0.25) is 0 Å². The number of aromatic nitrogens is 5. The highest BCUT2D eigenvalue weighted by molar-refractivity contribution is 7.15. The molecular weight excluding hydrogens is 312 g/mol. The minimum Gasteiger partial charge on any atom is -0.353 e. The van der Waals surface area contributed by atoms with Crippen molar-refractivity contribution in [3.8, 4) is 5.00 Å². The number of nitrogens with zero attached hydrogens (tertiary/aromatic N) is 5. The van der Waals surface area contributed by atoms with Crippen LogP contribution in [0.1, 0.15) is 32.9 Å². The van der Waals surface area contributed by atoms with Gasteiger partial charge in [-0.1, -0.05) is 0 Å². The quantitative estimate of drug-likeness (QED) is 0.787. The second-order valence-corrected chi connectivity index (χ2v) is 6.67. The van der Waals surface area contributed by atoms with Crippen molar-refractivity contribution in [1.82, 2.24) is 30.1 Å². The van der Waals surface area contributed by atoms with Gasteiger partial charge in [0, 0.05) is 23.8 Å². The van der Waals surface area contributed by atoms with Gasteiger partial charge in [0.25, 0.3) is 5.91 Å². The van der Waals surface area contributed by atoms with E-state index in [4.69, 9.17) is 0 Å². The Morgan fingerprint density at radius 3 is 3.09 bits per heavy atom. The number of thiophene rings is 1. The van der Waals surface area contributed by atoms with Crippen molar-refractivity contribution in [3.63, 3.8) is 0 Å². The predicted octanol–water partition coefficient (Wildman–Crippen LogP) is 1.48. The topological polar surface area (TPSA) is 77.6 Å². The Morgan fingerprint density at radius 1 is 1.43 bits per heavy atom. The van der Waals surface area contributed by atoms with Crippen LogP contribution in [-0.4, -0.2) is 30.7 Å². The van der Waals surface area contributed by atoms with E-state index in [0.717, 1.165) is 41.1 Å². The Balaban J connectivity index is 1.65. The van der Waals surface area contributed by atoms with Crippen LogP contribution in [0.5, 0.6) is 0 Å². The number of fused-ring (bicyclic) bond motifs is 1. The monoisotopic (exact) mass is 328 g/mol. The van der Waals surface area contributed by atoms with Crippen molar-refractivity contribution in [2.45, 2.75) is 25.8 Å². The first kappa shape index (κ1) is 14.1. The molecule has 7 nitrogen and oxygen atoms in total. The molecule has 23 heavy (non-hydrogen) atoms. The van der Waals surface area contributed by atoms with Crippen LogP contribution >= 0.6 is 11.3 Å². The third-order valence-corrected chi connectivity index (χ3v) is 5.45. The van der Waals surface area contributed by atoms with Crippen LogP contribution in [0.15, 0.2) is 24.7 Å². The predicted molar refractivity (Wildman–Crippen MR) is 85.6 cm³/mol. The number of amides is 1. The number of rotatable bonds is 4. The van der Waals surface area contributed by atoms with E-state index in [1.165, 1.54) is 11.2 Å². The third-order valence-electron chi connectivity index (χ3n) is 4.17. The number of carbonyl (C=O) groups excluding carboxylic acids is 1. The van der Waals surface area contributed by atoms with Crippen molar-refractivity contribution in [2.24, 2.45) is 7.05 Å². The fourth-order valence-corrected chi connectivity index (χ4v) is 4.28. The third kappa shape index (κ3) is 2.44.